The van der Waals surface area contributed by atoms with Crippen LogP contribution < -0.4 is 5.73 Å². The van der Waals surface area contributed by atoms with Crippen molar-refractivity contribution in [1.29, 1.82) is 0 Å². The van der Waals surface area contributed by atoms with E-state index < -0.39 is 0 Å². The van der Waals surface area contributed by atoms with Crippen LogP contribution in [0.3, 0.4) is 0 Å². The lowest BCUT2D eigenvalue weighted by atomic mass is 9.93. The molecule has 3 nitrogen and oxygen atoms in total. The normalized spacial score (nSPS) is 11.4. The first kappa shape index (κ1) is 14.6. The van der Waals surface area contributed by atoms with Crippen LogP contribution in [0.25, 0.3) is 0 Å². The Hall–Kier alpha value is -1.42. The summed E-state index contributed by atoms with van der Waals surface area (Å²) in [6.07, 6.45) is 0. The lowest BCUT2D eigenvalue weighted by Crippen LogP contribution is -2.39. The molecule has 0 aliphatic rings. The molecule has 18 heavy (non-hydrogen) atoms. The molecule has 0 bridgehead atoms. The van der Waals surface area contributed by atoms with Crippen molar-refractivity contribution in [2.45, 2.75) is 20.8 Å². The number of carbonyl (C=O) groups excluding carboxylic acids is 1. The lowest BCUT2D eigenvalue weighted by Gasteiger charge is -2.29. The Kier molecular flexibility index (Phi) is 4.46. The molecule has 0 fully saturated rings. The first-order chi connectivity index (χ1) is 8.25. The molecule has 0 atom stereocenters. The molecule has 0 radical (unpaired) electrons. The maximum atomic E-state index is 13.3. The van der Waals surface area contributed by atoms with Crippen molar-refractivity contribution < 1.29 is 9.18 Å². The minimum atomic E-state index is -0.384. The molecule has 4 heteroatoms. The van der Waals surface area contributed by atoms with Crippen molar-refractivity contribution in [1.82, 2.24) is 4.90 Å². The molecule has 0 heterocycles. The van der Waals surface area contributed by atoms with Crippen molar-refractivity contribution in [3.63, 3.8) is 0 Å². The van der Waals surface area contributed by atoms with Crippen LogP contribution in [0.4, 0.5) is 4.39 Å². The van der Waals surface area contributed by atoms with Gasteiger partial charge in [0.2, 0.25) is 0 Å². The molecule has 0 aliphatic carbocycles. The van der Waals surface area contributed by atoms with Crippen molar-refractivity contribution in [3.05, 3.63) is 35.1 Å². The van der Waals surface area contributed by atoms with E-state index in [-0.39, 0.29) is 17.1 Å². The Morgan fingerprint density at radius 3 is 2.50 bits per heavy atom. The molecule has 0 spiro atoms. The van der Waals surface area contributed by atoms with Gasteiger partial charge in [0.15, 0.2) is 0 Å². The number of rotatable bonds is 4. The zero-order valence-electron chi connectivity index (χ0n) is 11.5. The van der Waals surface area contributed by atoms with E-state index in [9.17, 15) is 9.18 Å². The second-order valence-electron chi connectivity index (χ2n) is 5.55. The monoisotopic (exact) mass is 252 g/mol. The summed E-state index contributed by atoms with van der Waals surface area (Å²) in [6.45, 7) is 6.79. The first-order valence-corrected chi connectivity index (χ1v) is 5.98. The number of carbonyl (C=O) groups is 1. The van der Waals surface area contributed by atoms with Gasteiger partial charge in [-0.1, -0.05) is 13.8 Å². The van der Waals surface area contributed by atoms with Gasteiger partial charge in [0.25, 0.3) is 5.91 Å². The van der Waals surface area contributed by atoms with Gasteiger partial charge in [0.1, 0.15) is 5.82 Å². The number of halogens is 1. The minimum absolute atomic E-state index is 0.146. The van der Waals surface area contributed by atoms with Gasteiger partial charge in [0, 0.05) is 19.2 Å². The van der Waals surface area contributed by atoms with E-state index in [1.807, 2.05) is 13.8 Å². The largest absolute Gasteiger partial charge is 0.341 e. The molecule has 1 rings (SSSR count). The fraction of sp³-hybridized carbons (Fsp3) is 0.500. The average Bonchev–Trinajstić information content (AvgIpc) is 2.26. The highest BCUT2D eigenvalue weighted by Gasteiger charge is 2.22. The van der Waals surface area contributed by atoms with Gasteiger partial charge < -0.3 is 10.6 Å². The summed E-state index contributed by atoms with van der Waals surface area (Å²) in [5.74, 6) is -0.566. The zero-order valence-corrected chi connectivity index (χ0v) is 11.5. The fourth-order valence-electron chi connectivity index (χ4n) is 1.86. The van der Waals surface area contributed by atoms with E-state index in [0.717, 1.165) is 5.56 Å². The maximum absolute atomic E-state index is 13.3. The number of hydrogen-bond donors (Lipinski definition) is 1. The van der Waals surface area contributed by atoms with Gasteiger partial charge in [-0.05, 0) is 42.6 Å². The van der Waals surface area contributed by atoms with Crippen molar-refractivity contribution in [3.8, 4) is 0 Å². The second kappa shape index (κ2) is 5.48. The van der Waals surface area contributed by atoms with E-state index in [0.29, 0.717) is 18.7 Å². The third-order valence-electron chi connectivity index (χ3n) is 2.85. The molecule has 0 saturated carbocycles. The van der Waals surface area contributed by atoms with E-state index in [4.69, 9.17) is 5.73 Å². The van der Waals surface area contributed by atoms with E-state index in [2.05, 4.69) is 0 Å². The number of hydrogen-bond acceptors (Lipinski definition) is 2. The van der Waals surface area contributed by atoms with Crippen LogP contribution in [0, 0.1) is 18.2 Å². The SMILES string of the molecule is Cc1cc(F)cc(C(=O)N(C)CC(C)(C)CN)c1. The maximum Gasteiger partial charge on any atom is 0.253 e. The van der Waals surface area contributed by atoms with Gasteiger partial charge in [-0.25, -0.2) is 4.39 Å². The van der Waals surface area contributed by atoms with Gasteiger partial charge in [-0.3, -0.25) is 4.79 Å². The summed E-state index contributed by atoms with van der Waals surface area (Å²) in [5.41, 5.74) is 6.62. The number of aryl methyl sites for hydroxylation is 1. The highest BCUT2D eigenvalue weighted by Crippen LogP contribution is 2.16. The summed E-state index contributed by atoms with van der Waals surface area (Å²) in [6, 6.07) is 4.36. The highest BCUT2D eigenvalue weighted by atomic mass is 19.1. The molecule has 1 aromatic rings. The van der Waals surface area contributed by atoms with Gasteiger partial charge in [-0.2, -0.15) is 0 Å². The Morgan fingerprint density at radius 2 is 2.00 bits per heavy atom. The first-order valence-electron chi connectivity index (χ1n) is 5.98. The Morgan fingerprint density at radius 1 is 1.39 bits per heavy atom. The third-order valence-corrected chi connectivity index (χ3v) is 2.85. The Labute approximate surface area is 108 Å². The molecule has 0 saturated heterocycles. The molecule has 0 unspecified atom stereocenters. The minimum Gasteiger partial charge on any atom is -0.341 e. The lowest BCUT2D eigenvalue weighted by molar-refractivity contribution is 0.0740. The van der Waals surface area contributed by atoms with Gasteiger partial charge in [-0.15, -0.1) is 0 Å². The average molecular weight is 252 g/mol. The molecular weight excluding hydrogens is 231 g/mol. The molecule has 0 aromatic heterocycles. The number of amides is 1. The topological polar surface area (TPSA) is 46.3 Å². The van der Waals surface area contributed by atoms with Crippen LogP contribution in [-0.4, -0.2) is 30.9 Å². The summed E-state index contributed by atoms with van der Waals surface area (Å²) in [7, 11) is 1.71. The molecule has 2 N–H and O–H groups in total. The van der Waals surface area contributed by atoms with E-state index >= 15 is 0 Å². The van der Waals surface area contributed by atoms with Crippen LogP contribution in [0.1, 0.15) is 29.8 Å². The van der Waals surface area contributed by atoms with E-state index in [1.54, 1.807) is 24.9 Å². The summed E-state index contributed by atoms with van der Waals surface area (Å²) in [4.78, 5) is 13.7. The smallest absolute Gasteiger partial charge is 0.253 e. The zero-order chi connectivity index (χ0) is 13.9. The Balaban J connectivity index is 2.87. The number of nitrogens with zero attached hydrogens (tertiary/aromatic N) is 1. The van der Waals surface area contributed by atoms with Crippen molar-refractivity contribution in [2.75, 3.05) is 20.1 Å². The molecule has 0 aliphatic heterocycles. The van der Waals surface area contributed by atoms with Crippen LogP contribution in [0.2, 0.25) is 0 Å². The van der Waals surface area contributed by atoms with Crippen LogP contribution in [0.5, 0.6) is 0 Å². The molecule has 1 aromatic carbocycles. The number of nitrogens with two attached hydrogens (primary N) is 1. The quantitative estimate of drug-likeness (QED) is 0.893. The fourth-order valence-corrected chi connectivity index (χ4v) is 1.86. The predicted molar refractivity (Wildman–Crippen MR) is 70.9 cm³/mol. The molecule has 1 amide bonds. The van der Waals surface area contributed by atoms with Crippen molar-refractivity contribution in [2.24, 2.45) is 11.1 Å². The third kappa shape index (κ3) is 3.81. The second-order valence-corrected chi connectivity index (χ2v) is 5.55. The standard InChI is InChI=1S/C14H21FN2O/c1-10-5-11(7-12(15)6-10)13(18)17(4)9-14(2,3)8-16/h5-7H,8-9,16H2,1-4H3. The predicted octanol–water partition coefficient (Wildman–Crippen LogP) is 2.19. The summed E-state index contributed by atoms with van der Waals surface area (Å²) in [5, 5.41) is 0. The molecule has 100 valence electrons. The van der Waals surface area contributed by atoms with Crippen LogP contribution >= 0.6 is 0 Å². The van der Waals surface area contributed by atoms with Gasteiger partial charge >= 0.3 is 0 Å². The number of benzene rings is 1. The molecular formula is C14H21FN2O. The van der Waals surface area contributed by atoms with Crippen LogP contribution in [0.15, 0.2) is 18.2 Å². The van der Waals surface area contributed by atoms with Crippen LogP contribution in [-0.2, 0) is 0 Å². The Bertz CT molecular complexity index is 423. The highest BCUT2D eigenvalue weighted by molar-refractivity contribution is 5.94. The van der Waals surface area contributed by atoms with E-state index in [1.165, 1.54) is 12.1 Å². The summed E-state index contributed by atoms with van der Waals surface area (Å²) < 4.78 is 13.3. The van der Waals surface area contributed by atoms with Crippen molar-refractivity contribution >= 4 is 5.91 Å². The van der Waals surface area contributed by atoms with Gasteiger partial charge in [0.05, 0.1) is 0 Å². The summed E-state index contributed by atoms with van der Waals surface area (Å²) >= 11 is 0.